The van der Waals surface area contributed by atoms with Crippen molar-refractivity contribution >= 4 is 17.9 Å². The number of aliphatic hydroxyl groups excluding tert-OH is 7. The molecule has 6 rings (SSSR count). The molecule has 16 nitrogen and oxygen atoms in total. The van der Waals surface area contributed by atoms with Crippen LogP contribution in [0.3, 0.4) is 0 Å². The number of fused-ring (bicyclic) bond motifs is 2. The Morgan fingerprint density at radius 3 is 2.34 bits per heavy atom. The third-order valence-electron chi connectivity index (χ3n) is 12.6. The van der Waals surface area contributed by atoms with Gasteiger partial charge in [-0.25, -0.2) is 14.4 Å². The molecule has 0 aromatic carbocycles. The molecule has 0 aromatic rings. The molecular weight excluding hydrogens is 664 g/mol. The van der Waals surface area contributed by atoms with E-state index < -0.39 is 126 Å². The molecule has 2 bridgehead atoms. The highest BCUT2D eigenvalue weighted by atomic mass is 16.7. The molecule has 280 valence electrons. The van der Waals surface area contributed by atoms with Crippen LogP contribution in [0.5, 0.6) is 0 Å². The summed E-state index contributed by atoms with van der Waals surface area (Å²) in [6.45, 7) is 7.78. The van der Waals surface area contributed by atoms with Crippen LogP contribution in [0, 0.1) is 34.5 Å². The van der Waals surface area contributed by atoms with E-state index in [1.807, 2.05) is 13.8 Å². The van der Waals surface area contributed by atoms with Crippen molar-refractivity contribution in [1.29, 1.82) is 0 Å². The second-order valence-corrected chi connectivity index (χ2v) is 15.2. The standard InChI is InChI=1S/C34H48O16/c1-12(2)13(3)8-19(36)50-24-26-33-11-46-34(26,31(44)45-6)28(42)23(40)25(33)32(5)15(9-18(33)49-29(24)43)14(4)7-16(27(32)41)47-30-22(39)21(38)20(37)17(10-35)48-30/h7-8,12,15-18,20-28,30,35,37-42H,9-11H2,1-6H3/b13-8+/t15-,16+,17+,18+,20+,21-,22+,23+,24+,25+,26+,27+,28-,30+,32-,33+,34-/m0/s1. The van der Waals surface area contributed by atoms with Crippen molar-refractivity contribution in [2.75, 3.05) is 20.3 Å². The normalized spacial score (nSPS) is 49.8. The zero-order valence-corrected chi connectivity index (χ0v) is 28.7. The van der Waals surface area contributed by atoms with Crippen LogP contribution in [0.4, 0.5) is 0 Å². The Labute approximate surface area is 288 Å². The quantitative estimate of drug-likeness (QED) is 0.0644. The van der Waals surface area contributed by atoms with E-state index in [1.165, 1.54) is 6.08 Å². The summed E-state index contributed by atoms with van der Waals surface area (Å²) in [5, 5.41) is 77.3. The van der Waals surface area contributed by atoms with Crippen LogP contribution >= 0.6 is 0 Å². The molecule has 3 heterocycles. The molecule has 0 unspecified atom stereocenters. The number of hydrogen-bond donors (Lipinski definition) is 7. The summed E-state index contributed by atoms with van der Waals surface area (Å²) in [5.41, 5.74) is -4.03. The Kier molecular flexibility index (Phi) is 9.58. The molecule has 50 heavy (non-hydrogen) atoms. The Morgan fingerprint density at radius 2 is 1.72 bits per heavy atom. The van der Waals surface area contributed by atoms with Crippen LogP contribution in [0.25, 0.3) is 0 Å². The smallest absolute Gasteiger partial charge is 0.348 e. The minimum Gasteiger partial charge on any atom is -0.467 e. The molecule has 16 heteroatoms. The van der Waals surface area contributed by atoms with E-state index in [4.69, 9.17) is 28.4 Å². The Bertz CT molecular complexity index is 1440. The molecule has 3 aliphatic carbocycles. The average molecular weight is 713 g/mol. The largest absolute Gasteiger partial charge is 0.467 e. The van der Waals surface area contributed by atoms with Gasteiger partial charge >= 0.3 is 17.9 Å². The molecule has 7 N–H and O–H groups in total. The summed E-state index contributed by atoms with van der Waals surface area (Å²) >= 11 is 0. The predicted octanol–water partition coefficient (Wildman–Crippen LogP) is -2.15. The van der Waals surface area contributed by atoms with Crippen molar-refractivity contribution in [1.82, 2.24) is 0 Å². The van der Waals surface area contributed by atoms with Gasteiger partial charge in [0, 0.05) is 22.8 Å². The van der Waals surface area contributed by atoms with Gasteiger partial charge in [-0.3, -0.25) is 0 Å². The Balaban J connectivity index is 1.45. The number of esters is 3. The first-order valence-corrected chi connectivity index (χ1v) is 16.9. The lowest BCUT2D eigenvalue weighted by molar-refractivity contribution is -0.330. The summed E-state index contributed by atoms with van der Waals surface area (Å²) in [7, 11) is 1.06. The average Bonchev–Trinajstić information content (AvgIpc) is 3.38. The highest BCUT2D eigenvalue weighted by Crippen LogP contribution is 2.73. The number of aliphatic hydroxyl groups is 7. The molecule has 0 amide bonds. The number of allylic oxidation sites excluding steroid dienone is 2. The van der Waals surface area contributed by atoms with Crippen LogP contribution in [-0.2, 0) is 42.8 Å². The van der Waals surface area contributed by atoms with Crippen LogP contribution in [0.2, 0.25) is 0 Å². The predicted molar refractivity (Wildman–Crippen MR) is 165 cm³/mol. The second kappa shape index (κ2) is 12.9. The van der Waals surface area contributed by atoms with Gasteiger partial charge in [0.1, 0.15) is 42.7 Å². The van der Waals surface area contributed by atoms with Crippen molar-refractivity contribution in [2.45, 2.75) is 114 Å². The zero-order chi connectivity index (χ0) is 36.8. The molecule has 1 spiro atoms. The van der Waals surface area contributed by atoms with Crippen molar-refractivity contribution in [2.24, 2.45) is 34.5 Å². The maximum absolute atomic E-state index is 13.8. The lowest BCUT2D eigenvalue weighted by atomic mass is 9.37. The zero-order valence-electron chi connectivity index (χ0n) is 28.7. The van der Waals surface area contributed by atoms with Gasteiger partial charge in [-0.2, -0.15) is 0 Å². The molecule has 5 fully saturated rings. The lowest BCUT2D eigenvalue weighted by Gasteiger charge is -2.68. The van der Waals surface area contributed by atoms with E-state index >= 15 is 0 Å². The van der Waals surface area contributed by atoms with Gasteiger partial charge in [-0.15, -0.1) is 0 Å². The summed E-state index contributed by atoms with van der Waals surface area (Å²) in [6.07, 6.45) is -14.6. The fraction of sp³-hybridized carbons (Fsp3) is 0.794. The highest BCUT2D eigenvalue weighted by Gasteiger charge is 2.85. The second-order valence-electron chi connectivity index (χ2n) is 15.2. The molecule has 2 saturated carbocycles. The number of ether oxygens (including phenoxy) is 6. The maximum atomic E-state index is 13.8. The van der Waals surface area contributed by atoms with Crippen LogP contribution in [0.1, 0.15) is 41.0 Å². The van der Waals surface area contributed by atoms with Gasteiger partial charge in [-0.1, -0.05) is 38.0 Å². The SMILES string of the molecule is COC(=O)[C@@]12OC[C@]34[C@H]([C@@H](O)[C@@H]1O)[C@@]1(C)[C@H](O)[C@H](O[C@@H]5O[C@H](CO)[C@@H](O)[C@H](O)[C@H]5O)C=C(C)[C@@H]1C[C@H]3OC(=O)[C@H](OC(=O)/C=C(\C)C(C)C)[C@@H]24. The van der Waals surface area contributed by atoms with Gasteiger partial charge in [0.25, 0.3) is 0 Å². The first-order chi connectivity index (χ1) is 23.4. The third kappa shape index (κ3) is 4.98. The van der Waals surface area contributed by atoms with Crippen molar-refractivity contribution in [3.63, 3.8) is 0 Å². The molecule has 6 aliphatic rings. The minimum atomic E-state index is -2.36. The van der Waals surface area contributed by atoms with E-state index in [1.54, 1.807) is 26.8 Å². The van der Waals surface area contributed by atoms with E-state index in [0.717, 1.165) is 7.11 Å². The van der Waals surface area contributed by atoms with Gasteiger partial charge in [0.15, 0.2) is 6.29 Å². The lowest BCUT2D eigenvalue weighted by Crippen LogP contribution is -2.80. The number of carbonyl (C=O) groups excluding carboxylic acids is 3. The molecule has 0 aromatic heterocycles. The fourth-order valence-electron chi connectivity index (χ4n) is 9.91. The summed E-state index contributed by atoms with van der Waals surface area (Å²) in [6, 6.07) is 0. The first kappa shape index (κ1) is 37.3. The molecule has 3 saturated heterocycles. The van der Waals surface area contributed by atoms with E-state index in [0.29, 0.717) is 11.1 Å². The maximum Gasteiger partial charge on any atom is 0.348 e. The van der Waals surface area contributed by atoms with Crippen LogP contribution in [-0.4, -0.2) is 147 Å². The monoisotopic (exact) mass is 712 g/mol. The van der Waals surface area contributed by atoms with Crippen LogP contribution < -0.4 is 0 Å². The topological polar surface area (TPSA) is 248 Å². The molecular formula is C34H48O16. The number of hydrogen-bond acceptors (Lipinski definition) is 16. The highest BCUT2D eigenvalue weighted by molar-refractivity contribution is 5.89. The molecule has 3 aliphatic heterocycles. The van der Waals surface area contributed by atoms with E-state index in [9.17, 15) is 50.1 Å². The minimum absolute atomic E-state index is 0.0294. The summed E-state index contributed by atoms with van der Waals surface area (Å²) in [4.78, 5) is 40.7. The Hall–Kier alpha value is -2.51. The summed E-state index contributed by atoms with van der Waals surface area (Å²) in [5.74, 6) is -6.21. The summed E-state index contributed by atoms with van der Waals surface area (Å²) < 4.78 is 34.6. The van der Waals surface area contributed by atoms with E-state index in [2.05, 4.69) is 0 Å². The number of methoxy groups -OCH3 is 1. The third-order valence-corrected chi connectivity index (χ3v) is 12.6. The van der Waals surface area contributed by atoms with Gasteiger partial charge in [-0.05, 0) is 32.1 Å². The van der Waals surface area contributed by atoms with Gasteiger partial charge in [0.05, 0.1) is 38.4 Å². The van der Waals surface area contributed by atoms with Crippen LogP contribution in [0.15, 0.2) is 23.3 Å². The number of rotatable bonds is 7. The number of carbonyl (C=O) groups is 3. The van der Waals surface area contributed by atoms with Crippen molar-refractivity contribution in [3.8, 4) is 0 Å². The van der Waals surface area contributed by atoms with Gasteiger partial charge < -0.3 is 64.2 Å². The van der Waals surface area contributed by atoms with E-state index in [-0.39, 0.29) is 18.9 Å². The van der Waals surface area contributed by atoms with Crippen molar-refractivity contribution < 1.29 is 78.6 Å². The fourth-order valence-corrected chi connectivity index (χ4v) is 9.91. The Morgan fingerprint density at radius 1 is 1.04 bits per heavy atom. The molecule has 0 radical (unpaired) electrons. The van der Waals surface area contributed by atoms with Crippen molar-refractivity contribution in [3.05, 3.63) is 23.3 Å². The van der Waals surface area contributed by atoms with Gasteiger partial charge in [0.2, 0.25) is 11.7 Å². The first-order valence-electron chi connectivity index (χ1n) is 16.9. The molecule has 17 atom stereocenters.